The van der Waals surface area contributed by atoms with Gasteiger partial charge in [0.2, 0.25) is 5.75 Å². The molecule has 1 aromatic heterocycles. The van der Waals surface area contributed by atoms with E-state index in [1.807, 2.05) is 17.0 Å². The minimum absolute atomic E-state index is 0.0539. The quantitative estimate of drug-likeness (QED) is 0.587. The third-order valence-electron chi connectivity index (χ3n) is 5.39. The van der Waals surface area contributed by atoms with Gasteiger partial charge in [0, 0.05) is 47.5 Å². The van der Waals surface area contributed by atoms with Crippen LogP contribution < -0.4 is 19.5 Å². The summed E-state index contributed by atoms with van der Waals surface area (Å²) in [6.45, 7) is 1.49. The van der Waals surface area contributed by atoms with Gasteiger partial charge in [-0.3, -0.25) is 9.78 Å². The van der Waals surface area contributed by atoms with Crippen molar-refractivity contribution in [3.8, 4) is 17.2 Å². The van der Waals surface area contributed by atoms with Gasteiger partial charge in [-0.2, -0.15) is 0 Å². The van der Waals surface area contributed by atoms with Gasteiger partial charge in [0.05, 0.1) is 38.1 Å². The van der Waals surface area contributed by atoms with Crippen molar-refractivity contribution >= 4 is 39.8 Å². The predicted octanol–water partition coefficient (Wildman–Crippen LogP) is 4.89. The Bertz CT molecular complexity index is 1100. The molecule has 0 spiro atoms. The van der Waals surface area contributed by atoms with Gasteiger partial charge < -0.3 is 24.4 Å². The maximum Gasteiger partial charge on any atom is 0.257 e. The molecule has 4 rings (SSSR count). The summed E-state index contributed by atoms with van der Waals surface area (Å²) in [5.74, 6) is 1.45. The number of anilines is 2. The Kier molecular flexibility index (Phi) is 6.04. The average Bonchev–Trinajstić information content (AvgIpc) is 3.33. The highest BCUT2D eigenvalue weighted by Gasteiger charge is 2.24. The zero-order valence-electron chi connectivity index (χ0n) is 17.7. The fraction of sp³-hybridized carbons (Fsp3) is 0.304. The number of methoxy groups -OCH3 is 3. The van der Waals surface area contributed by atoms with Gasteiger partial charge in [0.15, 0.2) is 11.5 Å². The molecule has 2 aromatic carbocycles. The fourth-order valence-corrected chi connectivity index (χ4v) is 4.02. The Morgan fingerprint density at radius 2 is 1.71 bits per heavy atom. The summed E-state index contributed by atoms with van der Waals surface area (Å²) in [6, 6.07) is 9.01. The maximum atomic E-state index is 13.3. The van der Waals surface area contributed by atoms with E-state index in [2.05, 4.69) is 10.3 Å². The molecule has 7 nitrogen and oxygen atoms in total. The highest BCUT2D eigenvalue weighted by atomic mass is 35.5. The molecule has 1 aliphatic rings. The van der Waals surface area contributed by atoms with Gasteiger partial charge in [-0.15, -0.1) is 0 Å². The van der Waals surface area contributed by atoms with Crippen LogP contribution in [0.25, 0.3) is 10.9 Å². The molecule has 162 valence electrons. The first-order chi connectivity index (χ1) is 15.0. The molecule has 8 heteroatoms. The summed E-state index contributed by atoms with van der Waals surface area (Å²) in [6.07, 6.45) is 3.64. The third-order valence-corrected chi connectivity index (χ3v) is 5.62. The molecule has 3 aromatic rings. The molecule has 0 radical (unpaired) electrons. The number of aromatic nitrogens is 1. The minimum Gasteiger partial charge on any atom is -0.493 e. The second kappa shape index (κ2) is 8.89. The van der Waals surface area contributed by atoms with Crippen LogP contribution in [0.2, 0.25) is 5.02 Å². The molecule has 0 atom stereocenters. The van der Waals surface area contributed by atoms with Crippen molar-refractivity contribution in [2.75, 3.05) is 39.7 Å². The van der Waals surface area contributed by atoms with E-state index in [-0.39, 0.29) is 5.91 Å². The molecule has 1 amide bonds. The lowest BCUT2D eigenvalue weighted by atomic mass is 10.1. The summed E-state index contributed by atoms with van der Waals surface area (Å²) in [5.41, 5.74) is 2.54. The number of rotatable bonds is 6. The average molecular weight is 442 g/mol. The monoisotopic (exact) mass is 441 g/mol. The first-order valence-electron chi connectivity index (χ1n) is 10.00. The minimum atomic E-state index is -0.0539. The van der Waals surface area contributed by atoms with E-state index in [0.29, 0.717) is 39.2 Å². The normalized spacial score (nSPS) is 13.4. The largest absolute Gasteiger partial charge is 0.493 e. The van der Waals surface area contributed by atoms with Crippen LogP contribution in [0.1, 0.15) is 23.2 Å². The van der Waals surface area contributed by atoms with Crippen molar-refractivity contribution in [2.45, 2.75) is 12.8 Å². The van der Waals surface area contributed by atoms with Crippen molar-refractivity contribution in [1.82, 2.24) is 9.88 Å². The molecular weight excluding hydrogens is 418 g/mol. The van der Waals surface area contributed by atoms with Crippen molar-refractivity contribution in [3.63, 3.8) is 0 Å². The molecule has 1 fully saturated rings. The first-order valence-corrected chi connectivity index (χ1v) is 10.4. The number of amides is 1. The van der Waals surface area contributed by atoms with Crippen LogP contribution >= 0.6 is 11.6 Å². The van der Waals surface area contributed by atoms with E-state index >= 15 is 0 Å². The zero-order valence-corrected chi connectivity index (χ0v) is 18.5. The smallest absolute Gasteiger partial charge is 0.257 e. The van der Waals surface area contributed by atoms with Crippen LogP contribution in [0.15, 0.2) is 36.5 Å². The van der Waals surface area contributed by atoms with Crippen LogP contribution in [0.4, 0.5) is 11.4 Å². The molecular formula is C23H24ClN3O4. The zero-order chi connectivity index (χ0) is 22.0. The lowest BCUT2D eigenvalue weighted by molar-refractivity contribution is 0.0793. The molecule has 31 heavy (non-hydrogen) atoms. The molecule has 0 bridgehead atoms. The summed E-state index contributed by atoms with van der Waals surface area (Å²) in [4.78, 5) is 19.6. The number of nitrogens with one attached hydrogen (secondary N) is 1. The number of ether oxygens (including phenoxy) is 3. The van der Waals surface area contributed by atoms with E-state index in [1.54, 1.807) is 45.7 Å². The summed E-state index contributed by atoms with van der Waals surface area (Å²) in [5, 5.41) is 4.70. The number of likely N-dealkylation sites (tertiary alicyclic amines) is 1. The highest BCUT2D eigenvalue weighted by Crippen LogP contribution is 2.42. The van der Waals surface area contributed by atoms with Gasteiger partial charge >= 0.3 is 0 Å². The number of hydrogen-bond donors (Lipinski definition) is 1. The number of nitrogens with zero attached hydrogens (tertiary/aromatic N) is 2. The topological polar surface area (TPSA) is 72.9 Å². The second-order valence-electron chi connectivity index (χ2n) is 7.25. The van der Waals surface area contributed by atoms with E-state index < -0.39 is 0 Å². The van der Waals surface area contributed by atoms with Crippen LogP contribution in [0, 0.1) is 0 Å². The summed E-state index contributed by atoms with van der Waals surface area (Å²) in [7, 11) is 4.68. The Morgan fingerprint density at radius 3 is 2.32 bits per heavy atom. The number of fused-ring (bicyclic) bond motifs is 1. The van der Waals surface area contributed by atoms with Gasteiger partial charge in [0.1, 0.15) is 0 Å². The van der Waals surface area contributed by atoms with Gasteiger partial charge in [-0.1, -0.05) is 11.6 Å². The van der Waals surface area contributed by atoms with E-state index in [4.69, 9.17) is 25.8 Å². The molecule has 0 aliphatic carbocycles. The number of benzene rings is 2. The first kappa shape index (κ1) is 21.1. The number of pyridine rings is 1. The second-order valence-corrected chi connectivity index (χ2v) is 7.68. The molecule has 0 saturated carbocycles. The Morgan fingerprint density at radius 1 is 1.03 bits per heavy atom. The van der Waals surface area contributed by atoms with E-state index in [1.165, 1.54) is 0 Å². The lowest BCUT2D eigenvalue weighted by Gasteiger charge is -2.20. The van der Waals surface area contributed by atoms with Crippen LogP contribution in [-0.4, -0.2) is 50.2 Å². The van der Waals surface area contributed by atoms with Crippen molar-refractivity contribution in [2.24, 2.45) is 0 Å². The van der Waals surface area contributed by atoms with Crippen molar-refractivity contribution in [1.29, 1.82) is 0 Å². The molecule has 0 unspecified atom stereocenters. The van der Waals surface area contributed by atoms with Gasteiger partial charge in [-0.25, -0.2) is 0 Å². The Labute approximate surface area is 185 Å². The van der Waals surface area contributed by atoms with Crippen molar-refractivity contribution < 1.29 is 19.0 Å². The lowest BCUT2D eigenvalue weighted by Crippen LogP contribution is -2.28. The molecule has 2 heterocycles. The number of carbonyl (C=O) groups is 1. The molecule has 1 saturated heterocycles. The predicted molar refractivity (Wildman–Crippen MR) is 121 cm³/mol. The third kappa shape index (κ3) is 4.05. The molecule has 1 aliphatic heterocycles. The molecule has 1 N–H and O–H groups in total. The van der Waals surface area contributed by atoms with Gasteiger partial charge in [0.25, 0.3) is 5.91 Å². The maximum absolute atomic E-state index is 13.3. The van der Waals surface area contributed by atoms with E-state index in [0.717, 1.165) is 36.8 Å². The van der Waals surface area contributed by atoms with Crippen LogP contribution in [-0.2, 0) is 0 Å². The fourth-order valence-electron chi connectivity index (χ4n) is 3.85. The van der Waals surface area contributed by atoms with Gasteiger partial charge in [-0.05, 0) is 31.0 Å². The number of hydrogen-bond acceptors (Lipinski definition) is 6. The Balaban J connectivity index is 1.86. The Hall–Kier alpha value is -3.19. The van der Waals surface area contributed by atoms with Crippen molar-refractivity contribution in [3.05, 3.63) is 47.1 Å². The van der Waals surface area contributed by atoms with Crippen LogP contribution in [0.5, 0.6) is 17.2 Å². The van der Waals surface area contributed by atoms with Crippen LogP contribution in [0.3, 0.4) is 0 Å². The summed E-state index contributed by atoms with van der Waals surface area (Å²) < 4.78 is 16.4. The highest BCUT2D eigenvalue weighted by molar-refractivity contribution is 6.31. The number of halogens is 1. The SMILES string of the molecule is COc1cc(Nc2c(C(=O)N3CCCC3)cnc3ccc(Cl)cc23)cc(OC)c1OC. The number of carbonyl (C=O) groups excluding carboxylic acids is 1. The van der Waals surface area contributed by atoms with E-state index in [9.17, 15) is 4.79 Å². The standard InChI is InChI=1S/C23H24ClN3O4/c1-29-19-11-15(12-20(30-2)22(19)31-3)26-21-16-10-14(24)6-7-18(16)25-13-17(21)23(28)27-8-4-5-9-27/h6-7,10-13H,4-5,8-9H2,1-3H3,(H,25,26). The summed E-state index contributed by atoms with van der Waals surface area (Å²) >= 11 is 6.28.